The Morgan fingerprint density at radius 2 is 1.63 bits per heavy atom. The van der Waals surface area contributed by atoms with Crippen LogP contribution in [0.5, 0.6) is 0 Å². The first-order chi connectivity index (χ1) is 14.5. The molecule has 10 heteroatoms. The lowest BCUT2D eigenvalue weighted by atomic mass is 10.1. The molecule has 0 bridgehead atoms. The van der Waals surface area contributed by atoms with Crippen molar-refractivity contribution >= 4 is 29.3 Å². The van der Waals surface area contributed by atoms with Crippen LogP contribution in [-0.2, 0) is 14.4 Å². The van der Waals surface area contributed by atoms with Gasteiger partial charge in [0.2, 0.25) is 17.7 Å². The molecule has 0 unspecified atom stereocenters. The van der Waals surface area contributed by atoms with Gasteiger partial charge in [0.25, 0.3) is 5.91 Å². The molecule has 0 saturated heterocycles. The molecular formula is C20H24N6O4. The molecule has 0 spiro atoms. The molecule has 4 N–H and O–H groups in total. The van der Waals surface area contributed by atoms with E-state index in [1.165, 1.54) is 12.4 Å². The standard InChI is InChI=1S/C20H24N6O4/c1-2-5-16(26-19(29)14-6-3-8-21-10-14)20(30)24-12-17(27)23-13-18(28)25-15-7-4-9-22-11-15/h3-4,6-11,16H,2,5,12-13H2,1H3,(H,23,27)(H,24,30)(H,25,28)(H,26,29)/t16-/m0/s1. The van der Waals surface area contributed by atoms with Crippen molar-refractivity contribution in [2.45, 2.75) is 25.8 Å². The average molecular weight is 412 g/mol. The van der Waals surface area contributed by atoms with Crippen molar-refractivity contribution in [1.29, 1.82) is 0 Å². The van der Waals surface area contributed by atoms with Crippen LogP contribution in [0.1, 0.15) is 30.1 Å². The Morgan fingerprint density at radius 1 is 0.933 bits per heavy atom. The van der Waals surface area contributed by atoms with Gasteiger partial charge in [0, 0.05) is 18.6 Å². The fourth-order valence-corrected chi connectivity index (χ4v) is 2.47. The minimum atomic E-state index is -0.788. The van der Waals surface area contributed by atoms with Gasteiger partial charge in [-0.25, -0.2) is 0 Å². The highest BCUT2D eigenvalue weighted by Crippen LogP contribution is 2.02. The Morgan fingerprint density at radius 3 is 2.27 bits per heavy atom. The summed E-state index contributed by atoms with van der Waals surface area (Å²) in [5, 5.41) is 10.1. The normalized spacial score (nSPS) is 11.1. The molecule has 0 aliphatic heterocycles. The van der Waals surface area contributed by atoms with Gasteiger partial charge < -0.3 is 21.3 Å². The number of nitrogens with one attached hydrogen (secondary N) is 4. The minimum absolute atomic E-state index is 0.250. The van der Waals surface area contributed by atoms with Crippen molar-refractivity contribution in [3.63, 3.8) is 0 Å². The molecule has 10 nitrogen and oxygen atoms in total. The highest BCUT2D eigenvalue weighted by molar-refractivity contribution is 5.98. The van der Waals surface area contributed by atoms with E-state index in [-0.39, 0.29) is 13.1 Å². The third kappa shape index (κ3) is 7.66. The van der Waals surface area contributed by atoms with E-state index in [1.54, 1.807) is 36.7 Å². The second kappa shape index (κ2) is 11.9. The third-order valence-corrected chi connectivity index (χ3v) is 3.94. The van der Waals surface area contributed by atoms with Gasteiger partial charge in [-0.15, -0.1) is 0 Å². The van der Waals surface area contributed by atoms with Gasteiger partial charge in [0.05, 0.1) is 30.5 Å². The molecule has 0 radical (unpaired) electrons. The van der Waals surface area contributed by atoms with Crippen molar-refractivity contribution in [2.75, 3.05) is 18.4 Å². The van der Waals surface area contributed by atoms with Crippen molar-refractivity contribution in [3.8, 4) is 0 Å². The topological polar surface area (TPSA) is 142 Å². The molecule has 0 saturated carbocycles. The van der Waals surface area contributed by atoms with E-state index in [0.717, 1.165) is 0 Å². The molecule has 0 aliphatic carbocycles. The molecule has 2 aromatic rings. The Bertz CT molecular complexity index is 860. The molecule has 2 heterocycles. The predicted molar refractivity (Wildman–Crippen MR) is 109 cm³/mol. The van der Waals surface area contributed by atoms with Gasteiger partial charge in [0.15, 0.2) is 0 Å². The second-order valence-corrected chi connectivity index (χ2v) is 6.34. The predicted octanol–water partition coefficient (Wildman–Crippen LogP) is 0.246. The highest BCUT2D eigenvalue weighted by atomic mass is 16.2. The van der Waals surface area contributed by atoms with Crippen LogP contribution in [0.3, 0.4) is 0 Å². The second-order valence-electron chi connectivity index (χ2n) is 6.34. The monoisotopic (exact) mass is 412 g/mol. The first-order valence-corrected chi connectivity index (χ1v) is 9.44. The summed E-state index contributed by atoms with van der Waals surface area (Å²) in [6.45, 7) is 1.31. The number of anilines is 1. The van der Waals surface area contributed by atoms with Crippen LogP contribution in [-0.4, -0.2) is 52.7 Å². The molecule has 2 aromatic heterocycles. The Balaban J connectivity index is 1.76. The number of amides is 4. The summed E-state index contributed by atoms with van der Waals surface area (Å²) in [5.74, 6) is -1.86. The van der Waals surface area contributed by atoms with E-state index in [1.807, 2.05) is 6.92 Å². The van der Waals surface area contributed by atoms with Crippen LogP contribution in [0.25, 0.3) is 0 Å². The zero-order valence-electron chi connectivity index (χ0n) is 16.6. The summed E-state index contributed by atoms with van der Waals surface area (Å²) in [6.07, 6.45) is 7.07. The summed E-state index contributed by atoms with van der Waals surface area (Å²) >= 11 is 0. The average Bonchev–Trinajstić information content (AvgIpc) is 2.77. The van der Waals surface area contributed by atoms with Crippen molar-refractivity contribution in [1.82, 2.24) is 25.9 Å². The van der Waals surface area contributed by atoms with E-state index in [2.05, 4.69) is 31.2 Å². The van der Waals surface area contributed by atoms with Gasteiger partial charge in [0.1, 0.15) is 6.04 Å². The van der Waals surface area contributed by atoms with Gasteiger partial charge in [-0.05, 0) is 30.7 Å². The summed E-state index contributed by atoms with van der Waals surface area (Å²) in [7, 11) is 0. The number of pyridine rings is 2. The SMILES string of the molecule is CCC[C@H](NC(=O)c1cccnc1)C(=O)NCC(=O)NCC(=O)Nc1cccnc1. The summed E-state index contributed by atoms with van der Waals surface area (Å²) in [6, 6.07) is 5.76. The molecule has 0 aliphatic rings. The van der Waals surface area contributed by atoms with Crippen molar-refractivity contribution in [3.05, 3.63) is 54.6 Å². The van der Waals surface area contributed by atoms with E-state index in [9.17, 15) is 19.2 Å². The van der Waals surface area contributed by atoms with Crippen molar-refractivity contribution in [2.24, 2.45) is 0 Å². The lowest BCUT2D eigenvalue weighted by molar-refractivity contribution is -0.127. The third-order valence-electron chi connectivity index (χ3n) is 3.94. The lowest BCUT2D eigenvalue weighted by Crippen LogP contribution is -2.49. The number of hydrogen-bond donors (Lipinski definition) is 4. The smallest absolute Gasteiger partial charge is 0.253 e. The molecule has 158 valence electrons. The van der Waals surface area contributed by atoms with Gasteiger partial charge in [-0.2, -0.15) is 0 Å². The van der Waals surface area contributed by atoms with E-state index < -0.39 is 29.7 Å². The lowest BCUT2D eigenvalue weighted by Gasteiger charge is -2.17. The Kier molecular flexibility index (Phi) is 8.91. The van der Waals surface area contributed by atoms with Crippen LogP contribution in [0.15, 0.2) is 49.1 Å². The zero-order chi connectivity index (χ0) is 21.8. The van der Waals surface area contributed by atoms with Gasteiger partial charge in [-0.1, -0.05) is 13.3 Å². The largest absolute Gasteiger partial charge is 0.345 e. The highest BCUT2D eigenvalue weighted by Gasteiger charge is 2.21. The quantitative estimate of drug-likeness (QED) is 0.441. The van der Waals surface area contributed by atoms with Crippen LogP contribution in [0.2, 0.25) is 0 Å². The molecule has 2 rings (SSSR count). The summed E-state index contributed by atoms with van der Waals surface area (Å²) in [5.41, 5.74) is 0.848. The first kappa shape index (κ1) is 22.5. The van der Waals surface area contributed by atoms with Gasteiger partial charge in [-0.3, -0.25) is 29.1 Å². The number of nitrogens with zero attached hydrogens (tertiary/aromatic N) is 2. The van der Waals surface area contributed by atoms with Crippen molar-refractivity contribution < 1.29 is 19.2 Å². The number of rotatable bonds is 10. The maximum Gasteiger partial charge on any atom is 0.253 e. The molecular weight excluding hydrogens is 388 g/mol. The maximum absolute atomic E-state index is 12.4. The van der Waals surface area contributed by atoms with Crippen LogP contribution in [0.4, 0.5) is 5.69 Å². The Labute approximate surface area is 173 Å². The number of carbonyl (C=O) groups excluding carboxylic acids is 4. The summed E-state index contributed by atoms with van der Waals surface area (Å²) < 4.78 is 0. The van der Waals surface area contributed by atoms with Crippen LogP contribution < -0.4 is 21.3 Å². The minimum Gasteiger partial charge on any atom is -0.345 e. The Hall–Kier alpha value is -3.82. The molecule has 30 heavy (non-hydrogen) atoms. The molecule has 4 amide bonds. The fraction of sp³-hybridized carbons (Fsp3) is 0.300. The molecule has 1 atom stereocenters. The van der Waals surface area contributed by atoms with E-state index >= 15 is 0 Å². The van der Waals surface area contributed by atoms with Gasteiger partial charge >= 0.3 is 0 Å². The zero-order valence-corrected chi connectivity index (χ0v) is 16.6. The summed E-state index contributed by atoms with van der Waals surface area (Å²) in [4.78, 5) is 56.1. The van der Waals surface area contributed by atoms with E-state index in [4.69, 9.17) is 0 Å². The number of aromatic nitrogens is 2. The fourth-order valence-electron chi connectivity index (χ4n) is 2.47. The maximum atomic E-state index is 12.4. The van der Waals surface area contributed by atoms with Crippen LogP contribution >= 0.6 is 0 Å². The first-order valence-electron chi connectivity index (χ1n) is 9.44. The number of hydrogen-bond acceptors (Lipinski definition) is 6. The van der Waals surface area contributed by atoms with E-state index in [0.29, 0.717) is 24.1 Å². The van der Waals surface area contributed by atoms with Crippen LogP contribution in [0, 0.1) is 0 Å². The molecule has 0 aromatic carbocycles. The molecule has 0 fully saturated rings. The number of carbonyl (C=O) groups is 4.